The molecule has 5 heteroatoms. The van der Waals surface area contributed by atoms with Crippen LogP contribution in [0, 0.1) is 0 Å². The van der Waals surface area contributed by atoms with Crippen LogP contribution in [0.3, 0.4) is 0 Å². The van der Waals surface area contributed by atoms with Crippen LogP contribution in [-0.2, 0) is 4.79 Å². The van der Waals surface area contributed by atoms with E-state index in [1.54, 1.807) is 0 Å². The zero-order chi connectivity index (χ0) is 12.5. The predicted molar refractivity (Wildman–Crippen MR) is 72.1 cm³/mol. The van der Waals surface area contributed by atoms with Crippen molar-refractivity contribution < 1.29 is 4.79 Å². The third-order valence-electron chi connectivity index (χ3n) is 4.35. The number of piperidine rings is 1. The summed E-state index contributed by atoms with van der Waals surface area (Å²) in [5, 5.41) is 0. The second-order valence-corrected chi connectivity index (χ2v) is 6.47. The third kappa shape index (κ3) is 2.46. The van der Waals surface area contributed by atoms with Crippen LogP contribution >= 0.6 is 11.8 Å². The van der Waals surface area contributed by atoms with Crippen LogP contribution < -0.4 is 5.73 Å². The first-order valence-corrected chi connectivity index (χ1v) is 7.58. The highest BCUT2D eigenvalue weighted by molar-refractivity contribution is 8.00. The average molecular weight is 257 g/mol. The minimum atomic E-state index is 0.137. The zero-order valence-electron chi connectivity index (χ0n) is 10.8. The summed E-state index contributed by atoms with van der Waals surface area (Å²) in [7, 11) is 1.90. The van der Waals surface area contributed by atoms with Gasteiger partial charge in [-0.2, -0.15) is 11.8 Å². The second-order valence-electron chi connectivity index (χ2n) is 5.19. The summed E-state index contributed by atoms with van der Waals surface area (Å²) < 4.78 is 0.254. The highest BCUT2D eigenvalue weighted by Gasteiger charge is 2.39. The number of carbonyl (C=O) groups is 1. The molecule has 2 N–H and O–H groups in total. The number of hydrogen-bond donors (Lipinski definition) is 1. The van der Waals surface area contributed by atoms with Crippen LogP contribution in [0.2, 0.25) is 0 Å². The summed E-state index contributed by atoms with van der Waals surface area (Å²) in [5.74, 6) is 0.300. The quantitative estimate of drug-likeness (QED) is 0.794. The molecule has 2 aliphatic rings. The van der Waals surface area contributed by atoms with E-state index in [0.29, 0.717) is 5.91 Å². The fraction of sp³-hybridized carbons (Fsp3) is 0.917. The lowest BCUT2D eigenvalue weighted by atomic mass is 9.94. The van der Waals surface area contributed by atoms with Gasteiger partial charge in [0.25, 0.3) is 0 Å². The number of amides is 1. The van der Waals surface area contributed by atoms with E-state index >= 15 is 0 Å². The molecule has 1 amide bonds. The maximum atomic E-state index is 12.0. The number of rotatable bonds is 3. The summed E-state index contributed by atoms with van der Waals surface area (Å²) in [5.41, 5.74) is 5.88. The number of carbonyl (C=O) groups excluding carboxylic acids is 1. The molecule has 2 aliphatic heterocycles. The molecule has 0 aromatic heterocycles. The molecule has 2 heterocycles. The van der Waals surface area contributed by atoms with E-state index in [4.69, 9.17) is 5.73 Å². The molecule has 2 rings (SSSR count). The Kier molecular flexibility index (Phi) is 4.00. The molecule has 0 radical (unpaired) electrons. The average Bonchev–Trinajstić information content (AvgIpc) is 2.70. The topological polar surface area (TPSA) is 49.6 Å². The van der Waals surface area contributed by atoms with Gasteiger partial charge >= 0.3 is 0 Å². The number of nitrogens with two attached hydrogens (primary N) is 1. The van der Waals surface area contributed by atoms with E-state index in [1.165, 1.54) is 0 Å². The molecule has 0 aromatic rings. The molecule has 2 fully saturated rings. The van der Waals surface area contributed by atoms with Crippen LogP contribution in [0.25, 0.3) is 0 Å². The molecule has 0 bridgehead atoms. The number of nitrogens with zero attached hydrogens (tertiary/aromatic N) is 2. The highest BCUT2D eigenvalue weighted by atomic mass is 32.2. The first kappa shape index (κ1) is 13.2. The van der Waals surface area contributed by atoms with Crippen molar-refractivity contribution in [2.45, 2.75) is 30.1 Å². The fourth-order valence-electron chi connectivity index (χ4n) is 2.88. The predicted octanol–water partition coefficient (Wildman–Crippen LogP) is 0.373. The van der Waals surface area contributed by atoms with E-state index in [2.05, 4.69) is 11.2 Å². The van der Waals surface area contributed by atoms with Gasteiger partial charge in [-0.1, -0.05) is 0 Å². The minimum Gasteiger partial charge on any atom is -0.344 e. The Balaban J connectivity index is 1.93. The SMILES string of the molecule is CSC1(CN)CCN(C2CCN(C)C2=O)CC1. The zero-order valence-corrected chi connectivity index (χ0v) is 11.6. The minimum absolute atomic E-state index is 0.137. The van der Waals surface area contributed by atoms with Crippen molar-refractivity contribution in [2.24, 2.45) is 5.73 Å². The van der Waals surface area contributed by atoms with E-state index in [-0.39, 0.29) is 10.8 Å². The lowest BCUT2D eigenvalue weighted by Gasteiger charge is -2.41. The first-order chi connectivity index (χ1) is 8.12. The Morgan fingerprint density at radius 3 is 2.47 bits per heavy atom. The van der Waals surface area contributed by atoms with Crippen molar-refractivity contribution in [3.8, 4) is 0 Å². The van der Waals surface area contributed by atoms with Gasteiger partial charge in [-0.25, -0.2) is 0 Å². The number of likely N-dealkylation sites (tertiary alicyclic amines) is 2. The van der Waals surface area contributed by atoms with Gasteiger partial charge in [0.1, 0.15) is 0 Å². The number of hydrogen-bond acceptors (Lipinski definition) is 4. The van der Waals surface area contributed by atoms with E-state index < -0.39 is 0 Å². The second kappa shape index (κ2) is 5.16. The summed E-state index contributed by atoms with van der Waals surface area (Å²) in [4.78, 5) is 16.2. The van der Waals surface area contributed by atoms with Gasteiger partial charge in [0.15, 0.2) is 0 Å². The Hall–Kier alpha value is -0.260. The molecule has 98 valence electrons. The van der Waals surface area contributed by atoms with E-state index in [0.717, 1.165) is 45.4 Å². The third-order valence-corrected chi connectivity index (χ3v) is 5.80. The first-order valence-electron chi connectivity index (χ1n) is 6.36. The van der Waals surface area contributed by atoms with Gasteiger partial charge in [-0.3, -0.25) is 9.69 Å². The Morgan fingerprint density at radius 2 is 2.06 bits per heavy atom. The van der Waals surface area contributed by atoms with Crippen LogP contribution in [0.5, 0.6) is 0 Å². The van der Waals surface area contributed by atoms with Gasteiger partial charge in [0.2, 0.25) is 5.91 Å². The Morgan fingerprint density at radius 1 is 1.41 bits per heavy atom. The van der Waals surface area contributed by atoms with Crippen molar-refractivity contribution in [2.75, 3.05) is 39.5 Å². The maximum Gasteiger partial charge on any atom is 0.239 e. The van der Waals surface area contributed by atoms with Crippen molar-refractivity contribution in [3.63, 3.8) is 0 Å². The molecule has 0 spiro atoms. The van der Waals surface area contributed by atoms with Gasteiger partial charge in [0, 0.05) is 38.0 Å². The Labute approximate surface area is 108 Å². The lowest BCUT2D eigenvalue weighted by molar-refractivity contribution is -0.131. The van der Waals surface area contributed by atoms with Crippen LogP contribution in [0.1, 0.15) is 19.3 Å². The van der Waals surface area contributed by atoms with Crippen molar-refractivity contribution >= 4 is 17.7 Å². The molecular formula is C12H23N3OS. The molecule has 0 aromatic carbocycles. The number of thioether (sulfide) groups is 1. The highest BCUT2D eigenvalue weighted by Crippen LogP contribution is 2.34. The Bertz CT molecular complexity index is 283. The molecule has 4 nitrogen and oxygen atoms in total. The summed E-state index contributed by atoms with van der Waals surface area (Å²) >= 11 is 1.89. The monoisotopic (exact) mass is 257 g/mol. The van der Waals surface area contributed by atoms with E-state index in [1.807, 2.05) is 23.7 Å². The number of likely N-dealkylation sites (N-methyl/N-ethyl adjacent to an activating group) is 1. The molecule has 17 heavy (non-hydrogen) atoms. The molecule has 2 saturated heterocycles. The summed E-state index contributed by atoms with van der Waals surface area (Å²) in [6, 6.07) is 0.137. The van der Waals surface area contributed by atoms with Crippen molar-refractivity contribution in [3.05, 3.63) is 0 Å². The summed E-state index contributed by atoms with van der Waals surface area (Å²) in [6.07, 6.45) is 5.36. The van der Waals surface area contributed by atoms with Gasteiger partial charge < -0.3 is 10.6 Å². The molecular weight excluding hydrogens is 234 g/mol. The summed E-state index contributed by atoms with van der Waals surface area (Å²) in [6.45, 7) is 3.69. The van der Waals surface area contributed by atoms with Gasteiger partial charge in [0.05, 0.1) is 6.04 Å². The van der Waals surface area contributed by atoms with Gasteiger partial charge in [-0.15, -0.1) is 0 Å². The largest absolute Gasteiger partial charge is 0.344 e. The lowest BCUT2D eigenvalue weighted by Crippen LogP contribution is -2.51. The van der Waals surface area contributed by atoms with Crippen molar-refractivity contribution in [1.82, 2.24) is 9.80 Å². The standard InChI is InChI=1S/C12H23N3OS/c1-14-6-3-10(11(14)16)15-7-4-12(9-13,17-2)5-8-15/h10H,3-9,13H2,1-2H3. The molecule has 1 unspecified atom stereocenters. The maximum absolute atomic E-state index is 12.0. The smallest absolute Gasteiger partial charge is 0.239 e. The van der Waals surface area contributed by atoms with Crippen LogP contribution in [0.4, 0.5) is 0 Å². The molecule has 0 aliphatic carbocycles. The van der Waals surface area contributed by atoms with Crippen molar-refractivity contribution in [1.29, 1.82) is 0 Å². The fourth-order valence-corrected chi connectivity index (χ4v) is 3.64. The molecule has 0 saturated carbocycles. The van der Waals surface area contributed by atoms with Crippen LogP contribution in [-0.4, -0.2) is 66.0 Å². The molecule has 1 atom stereocenters. The normalized spacial score (nSPS) is 29.9. The van der Waals surface area contributed by atoms with E-state index in [9.17, 15) is 4.79 Å². The van der Waals surface area contributed by atoms with Crippen LogP contribution in [0.15, 0.2) is 0 Å². The van der Waals surface area contributed by atoms with Gasteiger partial charge in [-0.05, 0) is 25.5 Å².